The molecule has 0 saturated carbocycles. The van der Waals surface area contributed by atoms with E-state index in [2.05, 4.69) is 13.8 Å². The van der Waals surface area contributed by atoms with Crippen LogP contribution in [0.5, 0.6) is 11.5 Å². The van der Waals surface area contributed by atoms with Gasteiger partial charge in [0, 0.05) is 5.56 Å². The Labute approximate surface area is 130 Å². The minimum Gasteiger partial charge on any atom is -0.507 e. The Bertz CT molecular complexity index is 434. The maximum Gasteiger partial charge on any atom is 0.122 e. The van der Waals surface area contributed by atoms with Crippen molar-refractivity contribution in [2.75, 3.05) is 0 Å². The van der Waals surface area contributed by atoms with E-state index in [1.807, 2.05) is 20.8 Å². The van der Waals surface area contributed by atoms with E-state index in [9.17, 15) is 10.2 Å². The van der Waals surface area contributed by atoms with Gasteiger partial charge in [-0.2, -0.15) is 0 Å². The lowest BCUT2D eigenvalue weighted by molar-refractivity contribution is 0.429. The number of hydrogen-bond acceptors (Lipinski definition) is 2. The van der Waals surface area contributed by atoms with Crippen LogP contribution in [-0.4, -0.2) is 10.2 Å². The van der Waals surface area contributed by atoms with E-state index in [4.69, 9.17) is 0 Å². The third kappa shape index (κ3) is 4.66. The molecule has 0 aliphatic carbocycles. The molecule has 0 aliphatic heterocycles. The minimum atomic E-state index is 0.343. The summed E-state index contributed by atoms with van der Waals surface area (Å²) in [4.78, 5) is 0. The molecule has 2 N–H and O–H groups in total. The summed E-state index contributed by atoms with van der Waals surface area (Å²) in [6.45, 7) is 10.2. The van der Waals surface area contributed by atoms with Crippen molar-refractivity contribution in [3.05, 3.63) is 22.3 Å². The summed E-state index contributed by atoms with van der Waals surface area (Å²) >= 11 is 0. The maximum atomic E-state index is 10.3. The van der Waals surface area contributed by atoms with Crippen LogP contribution in [0.25, 0.3) is 0 Å². The largest absolute Gasteiger partial charge is 0.507 e. The van der Waals surface area contributed by atoms with Crippen molar-refractivity contribution in [2.24, 2.45) is 5.92 Å². The van der Waals surface area contributed by atoms with Gasteiger partial charge in [-0.1, -0.05) is 46.0 Å². The van der Waals surface area contributed by atoms with Crippen LogP contribution in [-0.2, 0) is 6.42 Å². The van der Waals surface area contributed by atoms with Gasteiger partial charge in [-0.05, 0) is 56.2 Å². The predicted molar refractivity (Wildman–Crippen MR) is 90.2 cm³/mol. The molecule has 0 aromatic heterocycles. The number of unbranched alkanes of at least 4 members (excludes halogenated alkanes) is 3. The second kappa shape index (κ2) is 8.31. The molecule has 21 heavy (non-hydrogen) atoms. The zero-order valence-corrected chi connectivity index (χ0v) is 14.4. The van der Waals surface area contributed by atoms with Gasteiger partial charge in [0.2, 0.25) is 0 Å². The second-order valence-electron chi connectivity index (χ2n) is 6.54. The lowest BCUT2D eigenvalue weighted by Crippen LogP contribution is -2.01. The van der Waals surface area contributed by atoms with Crippen LogP contribution in [0, 0.1) is 26.7 Å². The Hall–Kier alpha value is -1.18. The fourth-order valence-electron chi connectivity index (χ4n) is 2.94. The average molecular weight is 292 g/mol. The third-order valence-corrected chi connectivity index (χ3v) is 4.80. The first-order chi connectivity index (χ1) is 9.90. The molecule has 0 radical (unpaired) electrons. The van der Waals surface area contributed by atoms with Gasteiger partial charge in [-0.3, -0.25) is 0 Å². The van der Waals surface area contributed by atoms with E-state index in [1.165, 1.54) is 32.1 Å². The van der Waals surface area contributed by atoms with Gasteiger partial charge in [0.25, 0.3) is 0 Å². The number of hydrogen-bond donors (Lipinski definition) is 2. The highest BCUT2D eigenvalue weighted by atomic mass is 16.3. The third-order valence-electron chi connectivity index (χ3n) is 4.80. The summed E-state index contributed by atoms with van der Waals surface area (Å²) in [6, 6.07) is 0. The topological polar surface area (TPSA) is 40.5 Å². The van der Waals surface area contributed by atoms with Gasteiger partial charge < -0.3 is 10.2 Å². The first-order valence-corrected chi connectivity index (χ1v) is 8.40. The molecule has 120 valence electrons. The van der Waals surface area contributed by atoms with Crippen LogP contribution < -0.4 is 0 Å². The van der Waals surface area contributed by atoms with E-state index in [0.29, 0.717) is 17.4 Å². The molecular formula is C19H32O2. The smallest absolute Gasteiger partial charge is 0.122 e. The Kier molecular flexibility index (Phi) is 7.07. The first kappa shape index (κ1) is 17.9. The summed E-state index contributed by atoms with van der Waals surface area (Å²) in [6.07, 6.45) is 8.43. The van der Waals surface area contributed by atoms with Crippen molar-refractivity contribution < 1.29 is 10.2 Å². The van der Waals surface area contributed by atoms with Crippen molar-refractivity contribution in [1.29, 1.82) is 0 Å². The van der Waals surface area contributed by atoms with Crippen molar-refractivity contribution in [1.82, 2.24) is 0 Å². The van der Waals surface area contributed by atoms with Crippen LogP contribution in [0.15, 0.2) is 0 Å². The highest BCUT2D eigenvalue weighted by Gasteiger charge is 2.16. The van der Waals surface area contributed by atoms with E-state index in [0.717, 1.165) is 35.1 Å². The summed E-state index contributed by atoms with van der Waals surface area (Å²) in [7, 11) is 0. The highest BCUT2D eigenvalue weighted by molar-refractivity contribution is 5.56. The fourth-order valence-corrected chi connectivity index (χ4v) is 2.94. The van der Waals surface area contributed by atoms with Gasteiger partial charge in [-0.15, -0.1) is 0 Å². The van der Waals surface area contributed by atoms with E-state index in [-0.39, 0.29) is 0 Å². The van der Waals surface area contributed by atoms with Gasteiger partial charge in [0.1, 0.15) is 11.5 Å². The first-order valence-electron chi connectivity index (χ1n) is 8.40. The van der Waals surface area contributed by atoms with Crippen LogP contribution >= 0.6 is 0 Å². The quantitative estimate of drug-likeness (QED) is 0.486. The van der Waals surface area contributed by atoms with Crippen LogP contribution in [0.4, 0.5) is 0 Å². The number of phenols is 2. The Morgan fingerprint density at radius 3 is 2.05 bits per heavy atom. The molecule has 0 amide bonds. The van der Waals surface area contributed by atoms with E-state index in [1.54, 1.807) is 0 Å². The standard InChI is InChI=1S/C19H32O2/c1-6-7-8-9-10-13(2)11-12-17-16(5)18(20)14(3)15(4)19(17)21/h13,20-21H,6-12H2,1-5H3/t13-/m0/s1. The predicted octanol–water partition coefficient (Wildman–Crippen LogP) is 5.56. The SMILES string of the molecule is CCCCCC[C@H](C)CCc1c(C)c(O)c(C)c(C)c1O. The molecule has 1 atom stereocenters. The molecular weight excluding hydrogens is 260 g/mol. The molecule has 0 bridgehead atoms. The van der Waals surface area contributed by atoms with Crippen molar-refractivity contribution in [3.63, 3.8) is 0 Å². The van der Waals surface area contributed by atoms with Gasteiger partial charge >= 0.3 is 0 Å². The maximum absolute atomic E-state index is 10.3. The van der Waals surface area contributed by atoms with Crippen LogP contribution in [0.2, 0.25) is 0 Å². The number of aromatic hydroxyl groups is 2. The Balaban J connectivity index is 2.63. The van der Waals surface area contributed by atoms with Gasteiger partial charge in [-0.25, -0.2) is 0 Å². The van der Waals surface area contributed by atoms with Gasteiger partial charge in [0.15, 0.2) is 0 Å². The van der Waals surface area contributed by atoms with Crippen molar-refractivity contribution in [3.8, 4) is 11.5 Å². The minimum absolute atomic E-state index is 0.343. The molecule has 0 fully saturated rings. The zero-order chi connectivity index (χ0) is 16.0. The summed E-state index contributed by atoms with van der Waals surface area (Å²) in [5.74, 6) is 1.39. The molecule has 2 heteroatoms. The lowest BCUT2D eigenvalue weighted by atomic mass is 9.90. The fraction of sp³-hybridized carbons (Fsp3) is 0.684. The summed E-state index contributed by atoms with van der Waals surface area (Å²) < 4.78 is 0. The molecule has 0 saturated heterocycles. The molecule has 0 heterocycles. The molecule has 1 rings (SSSR count). The Morgan fingerprint density at radius 1 is 0.810 bits per heavy atom. The van der Waals surface area contributed by atoms with Crippen LogP contribution in [0.3, 0.4) is 0 Å². The molecule has 2 nitrogen and oxygen atoms in total. The van der Waals surface area contributed by atoms with E-state index >= 15 is 0 Å². The average Bonchev–Trinajstić information content (AvgIpc) is 2.47. The number of benzene rings is 1. The highest BCUT2D eigenvalue weighted by Crippen LogP contribution is 2.37. The van der Waals surface area contributed by atoms with E-state index < -0.39 is 0 Å². The molecule has 0 spiro atoms. The monoisotopic (exact) mass is 292 g/mol. The van der Waals surface area contributed by atoms with Crippen molar-refractivity contribution in [2.45, 2.75) is 79.6 Å². The summed E-state index contributed by atoms with van der Waals surface area (Å²) in [5.41, 5.74) is 3.37. The van der Waals surface area contributed by atoms with Crippen LogP contribution in [0.1, 0.15) is 74.6 Å². The number of phenolic OH excluding ortho intramolecular Hbond substituents is 2. The number of rotatable bonds is 8. The van der Waals surface area contributed by atoms with Gasteiger partial charge in [0.05, 0.1) is 0 Å². The van der Waals surface area contributed by atoms with Crippen molar-refractivity contribution >= 4 is 0 Å². The summed E-state index contributed by atoms with van der Waals surface area (Å²) in [5, 5.41) is 20.5. The normalized spacial score (nSPS) is 12.6. The lowest BCUT2D eigenvalue weighted by Gasteiger charge is -2.17. The zero-order valence-electron chi connectivity index (χ0n) is 14.4. The molecule has 0 unspecified atom stereocenters. The molecule has 0 aliphatic rings. The Morgan fingerprint density at radius 2 is 1.43 bits per heavy atom. The second-order valence-corrected chi connectivity index (χ2v) is 6.54. The molecule has 1 aromatic rings. The molecule has 1 aromatic carbocycles.